The fourth-order valence-corrected chi connectivity index (χ4v) is 11.1. The van der Waals surface area contributed by atoms with E-state index >= 15 is 0 Å². The zero-order valence-electron chi connectivity index (χ0n) is 29.5. The number of sulfonamides is 2. The summed E-state index contributed by atoms with van der Waals surface area (Å²) in [5.41, 5.74) is 2.49. The van der Waals surface area contributed by atoms with Crippen molar-refractivity contribution in [1.29, 1.82) is 0 Å². The molecule has 3 aromatic rings. The molecule has 2 saturated carbocycles. The summed E-state index contributed by atoms with van der Waals surface area (Å²) in [4.78, 5) is 12.3. The van der Waals surface area contributed by atoms with E-state index in [1.807, 2.05) is 0 Å². The van der Waals surface area contributed by atoms with Crippen molar-refractivity contribution >= 4 is 53.0 Å². The van der Waals surface area contributed by atoms with Gasteiger partial charge in [-0.1, -0.05) is 53.7 Å². The number of anilines is 1. The standard InChI is InChI=1S/C36H52N4O7S2/c1-35(2,3)23-7-11-25(12-8-23)39-48(44,45)27-15-17-29-31(21-27)34(38-43)32-22-28(16-18-30(32)33(29)37-42)49(46,47)40(19-20-41)26-13-9-24(10-14-26)36(4,5)6/h15-18,21-26,37,39,41-42H,7-14,19-20H2,1-6H3. The van der Waals surface area contributed by atoms with Gasteiger partial charge < -0.3 is 5.11 Å². The highest BCUT2D eigenvalue weighted by atomic mass is 32.2. The molecule has 0 bridgehead atoms. The second-order valence-corrected chi connectivity index (χ2v) is 19.7. The van der Waals surface area contributed by atoms with E-state index < -0.39 is 20.0 Å². The maximum atomic E-state index is 14.2. The van der Waals surface area contributed by atoms with E-state index in [9.17, 15) is 32.1 Å². The fourth-order valence-electron chi connectivity index (χ4n) is 8.04. The number of hydrogen-bond donors (Lipinski definition) is 4. The third-order valence-corrected chi connectivity index (χ3v) is 14.5. The summed E-state index contributed by atoms with van der Waals surface area (Å²) in [5, 5.41) is 24.4. The number of hydrogen-bond acceptors (Lipinski definition) is 9. The van der Waals surface area contributed by atoms with Gasteiger partial charge in [-0.25, -0.2) is 21.6 Å². The average Bonchev–Trinajstić information content (AvgIpc) is 3.04. The molecule has 0 aromatic heterocycles. The Balaban J connectivity index is 1.52. The van der Waals surface area contributed by atoms with Gasteiger partial charge in [-0.15, -0.1) is 4.91 Å². The Kier molecular flexibility index (Phi) is 10.8. The largest absolute Gasteiger partial charge is 0.395 e. The first-order valence-electron chi connectivity index (χ1n) is 17.3. The van der Waals surface area contributed by atoms with E-state index in [-0.39, 0.29) is 68.0 Å². The maximum Gasteiger partial charge on any atom is 0.243 e. The van der Waals surface area contributed by atoms with Crippen molar-refractivity contribution in [2.75, 3.05) is 18.6 Å². The SMILES string of the molecule is CC(C)(C)C1CCC(NS(=O)(=O)c2ccc3c(NO)c4ccc(S(=O)(=O)N(CCO)C5CCC(C(C)(C)C)CC5)cc4c(N=O)c3c2)CC1. The summed E-state index contributed by atoms with van der Waals surface area (Å²) in [6.45, 7) is 12.8. The van der Waals surface area contributed by atoms with Crippen molar-refractivity contribution in [3.63, 3.8) is 0 Å². The molecule has 2 aliphatic rings. The molecule has 0 radical (unpaired) electrons. The van der Waals surface area contributed by atoms with Gasteiger partial charge in [0.1, 0.15) is 5.69 Å². The first-order valence-corrected chi connectivity index (χ1v) is 20.3. The highest BCUT2D eigenvalue weighted by Gasteiger charge is 2.37. The molecule has 4 N–H and O–H groups in total. The topological polar surface area (TPSA) is 165 Å². The van der Waals surface area contributed by atoms with Gasteiger partial charge in [0.15, 0.2) is 0 Å². The third kappa shape index (κ3) is 7.67. The number of nitrogens with zero attached hydrogens (tertiary/aromatic N) is 2. The second kappa shape index (κ2) is 14.1. The van der Waals surface area contributed by atoms with Crippen LogP contribution in [0.4, 0.5) is 11.4 Å². The van der Waals surface area contributed by atoms with E-state index in [0.29, 0.717) is 35.4 Å². The number of fused-ring (bicyclic) bond motifs is 2. The molecule has 0 aliphatic heterocycles. The molecule has 2 aliphatic carbocycles. The van der Waals surface area contributed by atoms with Crippen molar-refractivity contribution in [3.8, 4) is 0 Å². The van der Waals surface area contributed by atoms with E-state index in [2.05, 4.69) is 56.9 Å². The van der Waals surface area contributed by atoms with Gasteiger partial charge in [-0.3, -0.25) is 10.7 Å². The molecule has 2 fully saturated rings. The Labute approximate surface area is 290 Å². The minimum atomic E-state index is -4.13. The molecule has 0 spiro atoms. The third-order valence-electron chi connectivity index (χ3n) is 11.1. The summed E-state index contributed by atoms with van der Waals surface area (Å²) in [6.07, 6.45) is 6.37. The van der Waals surface area contributed by atoms with Crippen molar-refractivity contribution in [3.05, 3.63) is 41.3 Å². The lowest BCUT2D eigenvalue weighted by molar-refractivity contribution is 0.125. The number of nitrogens with one attached hydrogen (secondary N) is 2. The molecule has 270 valence electrons. The number of aliphatic hydroxyl groups is 1. The lowest BCUT2D eigenvalue weighted by Crippen LogP contribution is -2.44. The van der Waals surface area contributed by atoms with Gasteiger partial charge in [0.2, 0.25) is 20.0 Å². The van der Waals surface area contributed by atoms with Crippen LogP contribution in [0, 0.1) is 27.6 Å². The fraction of sp³-hybridized carbons (Fsp3) is 0.611. The predicted molar refractivity (Wildman–Crippen MR) is 194 cm³/mol. The predicted octanol–water partition coefficient (Wildman–Crippen LogP) is 7.66. The molecular weight excluding hydrogens is 665 g/mol. The van der Waals surface area contributed by atoms with Crippen molar-refractivity contribution in [2.24, 2.45) is 27.8 Å². The highest BCUT2D eigenvalue weighted by Crippen LogP contribution is 2.44. The number of aliphatic hydroxyl groups excluding tert-OH is 1. The smallest absolute Gasteiger partial charge is 0.243 e. The van der Waals surface area contributed by atoms with Gasteiger partial charge >= 0.3 is 0 Å². The van der Waals surface area contributed by atoms with Gasteiger partial charge in [-0.2, -0.15) is 4.31 Å². The molecule has 0 heterocycles. The molecule has 13 heteroatoms. The molecule has 49 heavy (non-hydrogen) atoms. The second-order valence-electron chi connectivity index (χ2n) is 16.1. The maximum absolute atomic E-state index is 14.2. The molecule has 0 atom stereocenters. The van der Waals surface area contributed by atoms with Crippen LogP contribution in [-0.2, 0) is 20.0 Å². The average molecular weight is 717 g/mol. The summed E-state index contributed by atoms with van der Waals surface area (Å²) < 4.78 is 59.7. The van der Waals surface area contributed by atoms with Gasteiger partial charge in [0, 0.05) is 40.2 Å². The molecule has 3 aromatic carbocycles. The monoisotopic (exact) mass is 716 g/mol. The van der Waals surface area contributed by atoms with Gasteiger partial charge in [-0.05, 0) is 103 Å². The van der Waals surface area contributed by atoms with E-state index in [1.54, 1.807) is 0 Å². The van der Waals surface area contributed by atoms with E-state index in [1.165, 1.54) is 40.7 Å². The number of nitroso groups, excluding NO2 is 1. The Bertz CT molecular complexity index is 1900. The molecule has 11 nitrogen and oxygen atoms in total. The van der Waals surface area contributed by atoms with Crippen LogP contribution in [0.3, 0.4) is 0 Å². The van der Waals surface area contributed by atoms with E-state index in [0.717, 1.165) is 38.5 Å². The minimum Gasteiger partial charge on any atom is -0.395 e. The van der Waals surface area contributed by atoms with Crippen LogP contribution in [0.5, 0.6) is 0 Å². The Morgan fingerprint density at radius 3 is 1.71 bits per heavy atom. The van der Waals surface area contributed by atoms with Crippen LogP contribution in [0.1, 0.15) is 92.9 Å². The molecule has 0 amide bonds. The summed E-state index contributed by atoms with van der Waals surface area (Å²) in [6, 6.07) is 8.05. The first-order chi connectivity index (χ1) is 22.9. The van der Waals surface area contributed by atoms with Crippen molar-refractivity contribution < 1.29 is 27.1 Å². The van der Waals surface area contributed by atoms with Crippen LogP contribution >= 0.6 is 0 Å². The Morgan fingerprint density at radius 1 is 0.755 bits per heavy atom. The quantitative estimate of drug-likeness (QED) is 0.0943. The molecule has 0 saturated heterocycles. The minimum absolute atomic E-state index is 0.0603. The normalized spacial score (nSPS) is 22.9. The van der Waals surface area contributed by atoms with Crippen LogP contribution in [0.25, 0.3) is 21.5 Å². The highest BCUT2D eigenvalue weighted by molar-refractivity contribution is 7.89. The van der Waals surface area contributed by atoms with Crippen molar-refractivity contribution in [1.82, 2.24) is 9.03 Å². The lowest BCUT2D eigenvalue weighted by Gasteiger charge is -2.40. The van der Waals surface area contributed by atoms with E-state index in [4.69, 9.17) is 0 Å². The van der Waals surface area contributed by atoms with Crippen LogP contribution in [-0.4, -0.2) is 56.7 Å². The van der Waals surface area contributed by atoms with Crippen LogP contribution < -0.4 is 10.2 Å². The Hall–Kier alpha value is -2.68. The summed E-state index contributed by atoms with van der Waals surface area (Å²) in [7, 11) is -8.11. The van der Waals surface area contributed by atoms with Crippen LogP contribution in [0.2, 0.25) is 0 Å². The zero-order valence-corrected chi connectivity index (χ0v) is 31.1. The molecule has 5 rings (SSSR count). The van der Waals surface area contributed by atoms with Gasteiger partial charge in [0.05, 0.1) is 22.1 Å². The van der Waals surface area contributed by atoms with Crippen molar-refractivity contribution in [2.45, 2.75) is 115 Å². The number of benzene rings is 3. The Morgan fingerprint density at radius 2 is 1.24 bits per heavy atom. The summed E-state index contributed by atoms with van der Waals surface area (Å²) in [5.74, 6) is 0.982. The van der Waals surface area contributed by atoms with Gasteiger partial charge in [0.25, 0.3) is 0 Å². The molecule has 0 unspecified atom stereocenters. The summed E-state index contributed by atoms with van der Waals surface area (Å²) >= 11 is 0. The molecular formula is C36H52N4O7S2. The zero-order chi connectivity index (χ0) is 35.9. The first kappa shape index (κ1) is 37.6. The number of rotatable bonds is 10. The lowest BCUT2D eigenvalue weighted by atomic mass is 9.71. The van der Waals surface area contributed by atoms with Crippen LogP contribution in [0.15, 0.2) is 51.4 Å².